The summed E-state index contributed by atoms with van der Waals surface area (Å²) >= 11 is 1.44. The van der Waals surface area contributed by atoms with Gasteiger partial charge in [0, 0.05) is 0 Å². The Balaban J connectivity index is 1.63. The summed E-state index contributed by atoms with van der Waals surface area (Å²) in [6, 6.07) is 17.9. The maximum Gasteiger partial charge on any atom is 0.297 e. The van der Waals surface area contributed by atoms with Gasteiger partial charge in [0.05, 0.1) is 34.3 Å². The quantitative estimate of drug-likeness (QED) is 0.336. The molecular weight excluding hydrogens is 448 g/mol. The Morgan fingerprint density at radius 1 is 1.03 bits per heavy atom. The molecule has 1 amide bonds. The van der Waals surface area contributed by atoms with Gasteiger partial charge < -0.3 is 9.15 Å². The van der Waals surface area contributed by atoms with E-state index in [0.29, 0.717) is 27.4 Å². The Labute approximate surface area is 199 Å². The van der Waals surface area contributed by atoms with Gasteiger partial charge in [0.2, 0.25) is 5.76 Å². The number of hydrogen-bond donors (Lipinski definition) is 0. The number of aromatic nitrogens is 1. The van der Waals surface area contributed by atoms with Crippen LogP contribution >= 0.6 is 11.3 Å². The molecule has 6 nitrogen and oxygen atoms in total. The number of para-hydroxylation sites is 1. The number of amides is 1. The molecule has 0 unspecified atom stereocenters. The van der Waals surface area contributed by atoms with E-state index in [2.05, 4.69) is 12.1 Å². The lowest BCUT2D eigenvalue weighted by Gasteiger charge is -2.22. The third-order valence-corrected chi connectivity index (χ3v) is 7.24. The molecule has 1 aliphatic heterocycles. The summed E-state index contributed by atoms with van der Waals surface area (Å²) in [4.78, 5) is 33.8. The van der Waals surface area contributed by atoms with Crippen LogP contribution in [-0.2, 0) is 0 Å². The van der Waals surface area contributed by atoms with Gasteiger partial charge in [-0.2, -0.15) is 0 Å². The highest BCUT2D eigenvalue weighted by molar-refractivity contribution is 7.22. The van der Waals surface area contributed by atoms with E-state index >= 15 is 0 Å². The Bertz CT molecular complexity index is 1670. The Kier molecular flexibility index (Phi) is 4.57. The van der Waals surface area contributed by atoms with Gasteiger partial charge in [-0.05, 0) is 60.9 Å². The molecule has 0 bridgehead atoms. The molecule has 1 atom stereocenters. The van der Waals surface area contributed by atoms with Gasteiger partial charge in [0.25, 0.3) is 5.91 Å². The topological polar surface area (TPSA) is 72.6 Å². The predicted molar refractivity (Wildman–Crippen MR) is 133 cm³/mol. The lowest BCUT2D eigenvalue weighted by Crippen LogP contribution is -2.29. The molecule has 5 aromatic rings. The van der Waals surface area contributed by atoms with E-state index < -0.39 is 6.04 Å². The Morgan fingerprint density at radius 2 is 1.79 bits per heavy atom. The Morgan fingerprint density at radius 3 is 2.56 bits per heavy atom. The van der Waals surface area contributed by atoms with Gasteiger partial charge >= 0.3 is 0 Å². The molecule has 3 heterocycles. The van der Waals surface area contributed by atoms with Crippen LogP contribution in [0, 0.1) is 13.8 Å². The van der Waals surface area contributed by atoms with Crippen LogP contribution < -0.4 is 15.1 Å². The van der Waals surface area contributed by atoms with Crippen molar-refractivity contribution in [2.75, 3.05) is 12.0 Å². The van der Waals surface area contributed by atoms with Gasteiger partial charge in [-0.25, -0.2) is 4.98 Å². The summed E-state index contributed by atoms with van der Waals surface area (Å²) < 4.78 is 12.3. The smallest absolute Gasteiger partial charge is 0.297 e. The minimum atomic E-state index is -0.656. The van der Waals surface area contributed by atoms with Crippen molar-refractivity contribution in [2.24, 2.45) is 0 Å². The van der Waals surface area contributed by atoms with Crippen LogP contribution in [0.5, 0.6) is 5.75 Å². The number of rotatable bonds is 3. The van der Waals surface area contributed by atoms with Crippen molar-refractivity contribution in [3.63, 3.8) is 0 Å². The molecule has 34 heavy (non-hydrogen) atoms. The number of methoxy groups -OCH3 is 1. The third-order valence-electron chi connectivity index (χ3n) is 6.23. The monoisotopic (exact) mass is 468 g/mol. The first kappa shape index (κ1) is 20.6. The van der Waals surface area contributed by atoms with Crippen molar-refractivity contribution in [3.05, 3.63) is 98.9 Å². The average molecular weight is 469 g/mol. The number of fused-ring (bicyclic) bond motifs is 3. The van der Waals surface area contributed by atoms with E-state index in [1.54, 1.807) is 36.3 Å². The zero-order chi connectivity index (χ0) is 23.6. The lowest BCUT2D eigenvalue weighted by molar-refractivity contribution is 0.0971. The molecule has 0 radical (unpaired) electrons. The summed E-state index contributed by atoms with van der Waals surface area (Å²) in [5.74, 6) is 0.389. The first-order valence-electron chi connectivity index (χ1n) is 10.9. The second-order valence-corrected chi connectivity index (χ2v) is 9.46. The summed E-state index contributed by atoms with van der Waals surface area (Å²) in [7, 11) is 1.60. The van der Waals surface area contributed by atoms with Crippen molar-refractivity contribution in [1.29, 1.82) is 0 Å². The van der Waals surface area contributed by atoms with Gasteiger partial charge in [-0.3, -0.25) is 14.5 Å². The zero-order valence-electron chi connectivity index (χ0n) is 18.8. The Hall–Kier alpha value is -3.97. The molecule has 0 N–H and O–H groups in total. The number of ether oxygens (including phenoxy) is 1. The predicted octanol–water partition coefficient (Wildman–Crippen LogP) is 5.78. The fourth-order valence-electron chi connectivity index (χ4n) is 4.68. The van der Waals surface area contributed by atoms with Crippen molar-refractivity contribution in [3.8, 4) is 5.75 Å². The van der Waals surface area contributed by atoms with Crippen molar-refractivity contribution >= 4 is 43.6 Å². The van der Waals surface area contributed by atoms with E-state index in [0.717, 1.165) is 26.9 Å². The van der Waals surface area contributed by atoms with Crippen LogP contribution in [0.1, 0.15) is 38.9 Å². The van der Waals surface area contributed by atoms with Crippen LogP contribution in [0.25, 0.3) is 21.2 Å². The molecule has 0 saturated heterocycles. The second kappa shape index (κ2) is 7.53. The molecule has 168 valence electrons. The number of hydrogen-bond acceptors (Lipinski definition) is 6. The number of aryl methyl sites for hydroxylation is 2. The number of nitrogens with zero attached hydrogens (tertiary/aromatic N) is 2. The number of carbonyl (C=O) groups is 1. The van der Waals surface area contributed by atoms with Gasteiger partial charge in [-0.15, -0.1) is 0 Å². The minimum absolute atomic E-state index is 0.0664. The first-order chi connectivity index (χ1) is 16.5. The number of benzene rings is 3. The number of carbonyl (C=O) groups excluding carboxylic acids is 1. The number of thiazole rings is 1. The largest absolute Gasteiger partial charge is 0.497 e. The van der Waals surface area contributed by atoms with E-state index in [1.165, 1.54) is 11.3 Å². The number of anilines is 1. The highest BCUT2D eigenvalue weighted by Crippen LogP contribution is 2.44. The molecule has 7 heteroatoms. The van der Waals surface area contributed by atoms with E-state index in [9.17, 15) is 9.59 Å². The first-order valence-corrected chi connectivity index (χ1v) is 11.7. The summed E-state index contributed by atoms with van der Waals surface area (Å²) in [6.07, 6.45) is 0. The zero-order valence-corrected chi connectivity index (χ0v) is 19.6. The van der Waals surface area contributed by atoms with Crippen molar-refractivity contribution in [2.45, 2.75) is 19.9 Å². The third kappa shape index (κ3) is 2.97. The molecule has 2 aromatic heterocycles. The fraction of sp³-hybridized carbons (Fsp3) is 0.148. The molecule has 0 aliphatic carbocycles. The van der Waals surface area contributed by atoms with Crippen molar-refractivity contribution < 1.29 is 13.9 Å². The van der Waals surface area contributed by atoms with E-state index in [4.69, 9.17) is 14.1 Å². The molecular formula is C27H20N2O4S. The average Bonchev–Trinajstić information content (AvgIpc) is 3.38. The van der Waals surface area contributed by atoms with Gasteiger partial charge in [-0.1, -0.05) is 41.7 Å². The summed E-state index contributed by atoms with van der Waals surface area (Å²) in [5.41, 5.74) is 4.33. The molecule has 3 aromatic carbocycles. The molecule has 0 fully saturated rings. The van der Waals surface area contributed by atoms with E-state index in [-0.39, 0.29) is 17.1 Å². The van der Waals surface area contributed by atoms with E-state index in [1.807, 2.05) is 38.1 Å². The molecule has 1 aliphatic rings. The summed E-state index contributed by atoms with van der Waals surface area (Å²) in [6.45, 7) is 4.05. The molecule has 0 saturated carbocycles. The standard InChI is InChI=1S/C27H20N2O4S/c1-14-12-15(2)22-20(13-14)34-27(28-22)29-23(16-8-10-17(32-3)11-9-16)21-24(30)18-6-4-5-7-19(18)33-25(21)26(29)31/h4-13,23H,1-3H3/t23-/m1/s1. The highest BCUT2D eigenvalue weighted by Gasteiger charge is 2.45. The second-order valence-electron chi connectivity index (χ2n) is 8.45. The van der Waals surface area contributed by atoms with Crippen LogP contribution in [0.3, 0.4) is 0 Å². The SMILES string of the molecule is COc1ccc([C@@H]2c3c(oc4ccccc4c3=O)C(=O)N2c2nc3c(C)cc(C)cc3s2)cc1. The maximum atomic E-state index is 13.8. The van der Waals surface area contributed by atoms with Crippen LogP contribution in [0.4, 0.5) is 5.13 Å². The summed E-state index contributed by atoms with van der Waals surface area (Å²) in [5, 5.41) is 0.981. The highest BCUT2D eigenvalue weighted by atomic mass is 32.1. The van der Waals surface area contributed by atoms with Gasteiger partial charge in [0.1, 0.15) is 11.3 Å². The minimum Gasteiger partial charge on any atom is -0.497 e. The molecule has 0 spiro atoms. The van der Waals surface area contributed by atoms with Crippen LogP contribution in [0.2, 0.25) is 0 Å². The maximum absolute atomic E-state index is 13.8. The molecule has 6 rings (SSSR count). The van der Waals surface area contributed by atoms with Crippen LogP contribution in [0.15, 0.2) is 69.9 Å². The fourth-order valence-corrected chi connectivity index (χ4v) is 5.85. The van der Waals surface area contributed by atoms with Crippen molar-refractivity contribution in [1.82, 2.24) is 4.98 Å². The normalized spacial score (nSPS) is 15.3. The van der Waals surface area contributed by atoms with Gasteiger partial charge in [0.15, 0.2) is 10.6 Å². The van der Waals surface area contributed by atoms with Crippen LogP contribution in [-0.4, -0.2) is 18.0 Å². The lowest BCUT2D eigenvalue weighted by atomic mass is 9.98.